The molecular weight excluding hydrogens is 472 g/mol. The third-order valence-electron chi connectivity index (χ3n) is 8.38. The van der Waals surface area contributed by atoms with Gasteiger partial charge >= 0.3 is 0 Å². The molecule has 0 saturated carbocycles. The van der Waals surface area contributed by atoms with Crippen molar-refractivity contribution in [2.75, 3.05) is 6.54 Å². The SMILES string of the molecule is Cc1c(C)c(CNC(=O)[C@@H]2CCCN2C(=O)[C@H](N)C(c2ccccc2)c2ccccc2)c(C)c(C)c1CN. The number of hydrogen-bond donors (Lipinski definition) is 3. The molecule has 0 spiro atoms. The minimum absolute atomic E-state index is 0.129. The van der Waals surface area contributed by atoms with E-state index in [9.17, 15) is 9.59 Å². The molecule has 38 heavy (non-hydrogen) atoms. The zero-order valence-corrected chi connectivity index (χ0v) is 23.0. The normalized spacial score (nSPS) is 16.1. The average Bonchev–Trinajstić information content (AvgIpc) is 3.43. The van der Waals surface area contributed by atoms with E-state index in [0.717, 1.165) is 34.2 Å². The summed E-state index contributed by atoms with van der Waals surface area (Å²) in [4.78, 5) is 28.9. The molecule has 3 aromatic rings. The van der Waals surface area contributed by atoms with E-state index in [1.807, 2.05) is 60.7 Å². The first-order valence-corrected chi connectivity index (χ1v) is 13.5. The zero-order chi connectivity index (χ0) is 27.4. The van der Waals surface area contributed by atoms with Crippen molar-refractivity contribution in [2.45, 2.75) is 71.6 Å². The lowest BCUT2D eigenvalue weighted by atomic mass is 9.84. The highest BCUT2D eigenvalue weighted by atomic mass is 16.2. The Bertz CT molecular complexity index is 1220. The number of carbonyl (C=O) groups excluding carboxylic acids is 2. The van der Waals surface area contributed by atoms with E-state index in [1.165, 1.54) is 16.7 Å². The van der Waals surface area contributed by atoms with Crippen LogP contribution in [-0.2, 0) is 22.7 Å². The zero-order valence-electron chi connectivity index (χ0n) is 23.0. The average molecular weight is 513 g/mol. The van der Waals surface area contributed by atoms with Crippen LogP contribution in [-0.4, -0.2) is 35.3 Å². The molecule has 200 valence electrons. The number of amides is 2. The van der Waals surface area contributed by atoms with E-state index < -0.39 is 12.1 Å². The second kappa shape index (κ2) is 11.9. The van der Waals surface area contributed by atoms with Crippen LogP contribution in [0.1, 0.15) is 63.3 Å². The van der Waals surface area contributed by atoms with Crippen molar-refractivity contribution < 1.29 is 9.59 Å². The van der Waals surface area contributed by atoms with Gasteiger partial charge in [0.05, 0.1) is 6.04 Å². The monoisotopic (exact) mass is 512 g/mol. The molecule has 3 aromatic carbocycles. The summed E-state index contributed by atoms with van der Waals surface area (Å²) >= 11 is 0. The highest BCUT2D eigenvalue weighted by Gasteiger charge is 2.39. The van der Waals surface area contributed by atoms with Crippen LogP contribution in [0.25, 0.3) is 0 Å². The van der Waals surface area contributed by atoms with Crippen molar-refractivity contribution in [1.82, 2.24) is 10.2 Å². The van der Waals surface area contributed by atoms with Gasteiger partial charge in [0.1, 0.15) is 6.04 Å². The minimum atomic E-state index is -0.799. The Morgan fingerprint density at radius 3 is 1.87 bits per heavy atom. The number of rotatable bonds is 8. The maximum Gasteiger partial charge on any atom is 0.243 e. The van der Waals surface area contributed by atoms with Gasteiger partial charge in [0.25, 0.3) is 0 Å². The molecule has 2 amide bonds. The molecule has 0 unspecified atom stereocenters. The van der Waals surface area contributed by atoms with Crippen molar-refractivity contribution in [1.29, 1.82) is 0 Å². The van der Waals surface area contributed by atoms with Crippen LogP contribution < -0.4 is 16.8 Å². The second-order valence-corrected chi connectivity index (χ2v) is 10.4. The Hall–Kier alpha value is -3.48. The van der Waals surface area contributed by atoms with E-state index in [2.05, 4.69) is 33.0 Å². The molecule has 0 aliphatic carbocycles. The van der Waals surface area contributed by atoms with Gasteiger partial charge in [0.15, 0.2) is 0 Å². The van der Waals surface area contributed by atoms with Crippen LogP contribution >= 0.6 is 0 Å². The maximum atomic E-state index is 13.8. The van der Waals surface area contributed by atoms with Crippen molar-refractivity contribution in [3.63, 3.8) is 0 Å². The Labute approximate surface area is 226 Å². The quantitative estimate of drug-likeness (QED) is 0.422. The molecule has 5 N–H and O–H groups in total. The Morgan fingerprint density at radius 1 is 0.868 bits per heavy atom. The van der Waals surface area contributed by atoms with Gasteiger partial charge in [-0.2, -0.15) is 0 Å². The molecular formula is C32H40N4O2. The van der Waals surface area contributed by atoms with E-state index in [4.69, 9.17) is 11.5 Å². The molecule has 0 radical (unpaired) electrons. The first-order chi connectivity index (χ1) is 18.3. The lowest BCUT2D eigenvalue weighted by molar-refractivity contribution is -0.139. The lowest BCUT2D eigenvalue weighted by Crippen LogP contribution is -2.52. The number of carbonyl (C=O) groups is 2. The number of likely N-dealkylation sites (tertiary alicyclic amines) is 1. The van der Waals surface area contributed by atoms with E-state index in [-0.39, 0.29) is 17.7 Å². The first kappa shape index (κ1) is 27.6. The topological polar surface area (TPSA) is 101 Å². The molecule has 6 nitrogen and oxygen atoms in total. The molecule has 1 aliphatic heterocycles. The molecule has 0 aromatic heterocycles. The van der Waals surface area contributed by atoms with E-state index in [0.29, 0.717) is 26.1 Å². The second-order valence-electron chi connectivity index (χ2n) is 10.4. The van der Waals surface area contributed by atoms with Gasteiger partial charge in [0.2, 0.25) is 11.8 Å². The van der Waals surface area contributed by atoms with Crippen LogP contribution in [0.4, 0.5) is 0 Å². The number of nitrogens with two attached hydrogens (primary N) is 2. The predicted octanol–water partition coefficient (Wildman–Crippen LogP) is 4.15. The predicted molar refractivity (Wildman–Crippen MR) is 153 cm³/mol. The Balaban J connectivity index is 1.53. The number of nitrogens with zero attached hydrogens (tertiary/aromatic N) is 1. The number of benzene rings is 3. The summed E-state index contributed by atoms with van der Waals surface area (Å²) < 4.78 is 0. The van der Waals surface area contributed by atoms with Crippen LogP contribution in [0.3, 0.4) is 0 Å². The van der Waals surface area contributed by atoms with Crippen molar-refractivity contribution in [3.8, 4) is 0 Å². The standard InChI is InChI=1S/C32H40N4O2/c1-20-22(3)27(23(4)21(2)26(20)18-33)19-35-31(37)28-16-11-17-36(28)32(38)30(34)29(24-12-7-5-8-13-24)25-14-9-6-10-15-25/h5-10,12-15,28-30H,11,16-19,33-34H2,1-4H3,(H,35,37)/t28-,30+/m0/s1. The van der Waals surface area contributed by atoms with Gasteiger partial charge in [-0.25, -0.2) is 0 Å². The smallest absolute Gasteiger partial charge is 0.243 e. The molecule has 1 heterocycles. The van der Waals surface area contributed by atoms with Crippen molar-refractivity contribution in [2.24, 2.45) is 11.5 Å². The molecule has 1 fully saturated rings. The van der Waals surface area contributed by atoms with Crippen LogP contribution in [0.5, 0.6) is 0 Å². The van der Waals surface area contributed by atoms with Gasteiger partial charge in [-0.15, -0.1) is 0 Å². The van der Waals surface area contributed by atoms with Gasteiger partial charge in [0, 0.05) is 25.6 Å². The van der Waals surface area contributed by atoms with E-state index in [1.54, 1.807) is 4.90 Å². The van der Waals surface area contributed by atoms with Crippen LogP contribution in [0.15, 0.2) is 60.7 Å². The summed E-state index contributed by atoms with van der Waals surface area (Å²) in [6, 6.07) is 18.4. The lowest BCUT2D eigenvalue weighted by Gasteiger charge is -2.31. The summed E-state index contributed by atoms with van der Waals surface area (Å²) in [5.74, 6) is -0.616. The first-order valence-electron chi connectivity index (χ1n) is 13.5. The maximum absolute atomic E-state index is 13.8. The third kappa shape index (κ3) is 5.38. The summed E-state index contributed by atoms with van der Waals surface area (Å²) in [7, 11) is 0. The van der Waals surface area contributed by atoms with Gasteiger partial charge < -0.3 is 21.7 Å². The molecule has 1 aliphatic rings. The summed E-state index contributed by atoms with van der Waals surface area (Å²) in [5, 5.41) is 3.13. The molecule has 2 atom stereocenters. The fourth-order valence-corrected chi connectivity index (χ4v) is 5.90. The van der Waals surface area contributed by atoms with Crippen LogP contribution in [0.2, 0.25) is 0 Å². The molecule has 6 heteroatoms. The highest BCUT2D eigenvalue weighted by Crippen LogP contribution is 2.30. The van der Waals surface area contributed by atoms with Gasteiger partial charge in [-0.05, 0) is 85.0 Å². The number of hydrogen-bond acceptors (Lipinski definition) is 4. The van der Waals surface area contributed by atoms with Crippen LogP contribution in [0, 0.1) is 27.7 Å². The van der Waals surface area contributed by atoms with Crippen molar-refractivity contribution >= 4 is 11.8 Å². The minimum Gasteiger partial charge on any atom is -0.350 e. The number of nitrogens with one attached hydrogen (secondary N) is 1. The van der Waals surface area contributed by atoms with E-state index >= 15 is 0 Å². The van der Waals surface area contributed by atoms with Crippen molar-refractivity contribution in [3.05, 3.63) is 105 Å². The van der Waals surface area contributed by atoms with Gasteiger partial charge in [-0.1, -0.05) is 60.7 Å². The molecule has 0 bridgehead atoms. The summed E-state index contributed by atoms with van der Waals surface area (Å²) in [6.07, 6.45) is 1.41. The fourth-order valence-electron chi connectivity index (χ4n) is 5.90. The third-order valence-corrected chi connectivity index (χ3v) is 8.38. The Kier molecular flexibility index (Phi) is 8.65. The van der Waals surface area contributed by atoms with Gasteiger partial charge in [-0.3, -0.25) is 9.59 Å². The summed E-state index contributed by atoms with van der Waals surface area (Å²) in [6.45, 7) is 9.79. The fraction of sp³-hybridized carbons (Fsp3) is 0.375. The Morgan fingerprint density at radius 2 is 1.37 bits per heavy atom. The highest BCUT2D eigenvalue weighted by molar-refractivity contribution is 5.91. The summed E-state index contributed by atoms with van der Waals surface area (Å²) in [5.41, 5.74) is 21.6. The largest absolute Gasteiger partial charge is 0.350 e. The molecule has 4 rings (SSSR count). The molecule has 1 saturated heterocycles.